The zero-order valence-electron chi connectivity index (χ0n) is 18.2. The third-order valence-corrected chi connectivity index (χ3v) is 6.20. The Morgan fingerprint density at radius 3 is 2.61 bits per heavy atom. The first kappa shape index (κ1) is 21.2. The van der Waals surface area contributed by atoms with Gasteiger partial charge in [-0.1, -0.05) is 60.1 Å². The molecule has 2 heterocycles. The zero-order valence-corrected chi connectivity index (χ0v) is 19.0. The van der Waals surface area contributed by atoms with Crippen LogP contribution in [-0.2, 0) is 6.54 Å². The highest BCUT2D eigenvalue weighted by atomic mass is 35.5. The van der Waals surface area contributed by atoms with E-state index in [4.69, 9.17) is 16.3 Å². The molecule has 33 heavy (non-hydrogen) atoms. The van der Waals surface area contributed by atoms with E-state index in [1.165, 1.54) is 0 Å². The summed E-state index contributed by atoms with van der Waals surface area (Å²) < 4.78 is 7.87. The minimum atomic E-state index is -0.375. The van der Waals surface area contributed by atoms with E-state index in [9.17, 15) is 4.79 Å². The predicted octanol–water partition coefficient (Wildman–Crippen LogP) is 6.67. The second-order valence-corrected chi connectivity index (χ2v) is 8.25. The van der Waals surface area contributed by atoms with Crippen LogP contribution in [-0.4, -0.2) is 22.1 Å². The Kier molecular flexibility index (Phi) is 5.80. The second kappa shape index (κ2) is 9.04. The molecule has 1 aliphatic heterocycles. The van der Waals surface area contributed by atoms with E-state index in [1.807, 2.05) is 90.8 Å². The molecule has 1 aliphatic rings. The van der Waals surface area contributed by atoms with Crippen LogP contribution in [0.5, 0.6) is 5.75 Å². The number of para-hydroxylation sites is 3. The molecule has 0 aliphatic carbocycles. The molecular weight excluding hydrogens is 434 g/mol. The van der Waals surface area contributed by atoms with Crippen molar-refractivity contribution in [3.8, 4) is 11.4 Å². The fraction of sp³-hybridized carbons (Fsp3) is 0.148. The molecule has 0 saturated carbocycles. The van der Waals surface area contributed by atoms with Gasteiger partial charge in [0, 0.05) is 11.2 Å². The number of hydrogen-bond donors (Lipinski definition) is 1. The number of benzene rings is 3. The first-order chi connectivity index (χ1) is 16.2. The van der Waals surface area contributed by atoms with Crippen molar-refractivity contribution in [2.45, 2.75) is 19.5 Å². The van der Waals surface area contributed by atoms with Gasteiger partial charge in [0.15, 0.2) is 0 Å². The number of carbonyl (C=O) groups is 1. The van der Waals surface area contributed by atoms with Gasteiger partial charge in [-0.05, 0) is 54.4 Å². The van der Waals surface area contributed by atoms with Crippen molar-refractivity contribution in [3.63, 3.8) is 0 Å². The van der Waals surface area contributed by atoms with Gasteiger partial charge >= 0.3 is 6.03 Å². The summed E-state index contributed by atoms with van der Waals surface area (Å²) in [5.74, 6) is 0.640. The van der Waals surface area contributed by atoms with Crippen molar-refractivity contribution in [2.24, 2.45) is 0 Å². The van der Waals surface area contributed by atoms with Gasteiger partial charge in [0.25, 0.3) is 0 Å². The molecule has 0 bridgehead atoms. The minimum absolute atomic E-state index is 0.225. The molecule has 4 aromatic rings. The standard InChI is InChI=1S/C27H24ClN3O2/c1-2-33-25-16-8-6-13-22(25)29-27(32)31-18-19-10-3-7-14-23(19)30-17-9-15-24(30)26(31)20-11-4-5-12-21(20)28/h3-17,26H,2,18H2,1H3,(H,29,32). The Balaban J connectivity index is 1.63. The zero-order chi connectivity index (χ0) is 22.8. The molecular formula is C27H24ClN3O2. The summed E-state index contributed by atoms with van der Waals surface area (Å²) in [6, 6.07) is 26.8. The number of aromatic nitrogens is 1. The van der Waals surface area contributed by atoms with E-state index in [1.54, 1.807) is 0 Å². The lowest BCUT2D eigenvalue weighted by molar-refractivity contribution is 0.194. The quantitative estimate of drug-likeness (QED) is 0.372. The minimum Gasteiger partial charge on any atom is -0.492 e. The number of carbonyl (C=O) groups excluding carboxylic acids is 1. The lowest BCUT2D eigenvalue weighted by Gasteiger charge is -2.31. The first-order valence-electron chi connectivity index (χ1n) is 11.0. The number of ether oxygens (including phenoxy) is 1. The first-order valence-corrected chi connectivity index (χ1v) is 11.3. The molecule has 5 nitrogen and oxygen atoms in total. The largest absolute Gasteiger partial charge is 0.492 e. The number of hydrogen-bond acceptors (Lipinski definition) is 2. The van der Waals surface area contributed by atoms with Crippen LogP contribution >= 0.6 is 11.6 Å². The number of fused-ring (bicyclic) bond motifs is 3. The average molecular weight is 458 g/mol. The Morgan fingerprint density at radius 2 is 1.76 bits per heavy atom. The van der Waals surface area contributed by atoms with E-state index >= 15 is 0 Å². The van der Waals surface area contributed by atoms with E-state index in [2.05, 4.69) is 22.0 Å². The van der Waals surface area contributed by atoms with Crippen molar-refractivity contribution in [3.05, 3.63) is 113 Å². The van der Waals surface area contributed by atoms with Crippen LogP contribution in [0.15, 0.2) is 91.1 Å². The van der Waals surface area contributed by atoms with Crippen LogP contribution in [0, 0.1) is 0 Å². The van der Waals surface area contributed by atoms with Crippen LogP contribution in [0.4, 0.5) is 10.5 Å². The molecule has 1 N–H and O–H groups in total. The molecule has 0 fully saturated rings. The lowest BCUT2D eigenvalue weighted by Crippen LogP contribution is -2.38. The molecule has 1 aromatic heterocycles. The van der Waals surface area contributed by atoms with Crippen LogP contribution in [0.1, 0.15) is 29.8 Å². The maximum Gasteiger partial charge on any atom is 0.323 e. The van der Waals surface area contributed by atoms with Crippen molar-refractivity contribution in [2.75, 3.05) is 11.9 Å². The van der Waals surface area contributed by atoms with E-state index < -0.39 is 0 Å². The summed E-state index contributed by atoms with van der Waals surface area (Å²) in [5, 5.41) is 3.69. The van der Waals surface area contributed by atoms with Crippen molar-refractivity contribution in [1.82, 2.24) is 9.47 Å². The number of nitrogens with one attached hydrogen (secondary N) is 1. The number of amides is 2. The van der Waals surface area contributed by atoms with E-state index in [0.717, 1.165) is 22.5 Å². The summed E-state index contributed by atoms with van der Waals surface area (Å²) in [6.07, 6.45) is 2.03. The van der Waals surface area contributed by atoms with Gasteiger partial charge in [0.05, 0.1) is 30.2 Å². The van der Waals surface area contributed by atoms with Gasteiger partial charge in [0.2, 0.25) is 0 Å². The Hall–Kier alpha value is -3.70. The summed E-state index contributed by atoms with van der Waals surface area (Å²) in [5.41, 5.74) is 4.59. The van der Waals surface area contributed by atoms with Crippen molar-refractivity contribution in [1.29, 1.82) is 0 Å². The van der Waals surface area contributed by atoms with Crippen molar-refractivity contribution < 1.29 is 9.53 Å². The van der Waals surface area contributed by atoms with Gasteiger partial charge in [0.1, 0.15) is 11.8 Å². The average Bonchev–Trinajstić information content (AvgIpc) is 3.26. The van der Waals surface area contributed by atoms with Gasteiger partial charge in [-0.3, -0.25) is 0 Å². The Bertz CT molecular complexity index is 1300. The SMILES string of the molecule is CCOc1ccccc1NC(=O)N1Cc2ccccc2-n2cccc2C1c1ccccc1Cl. The molecule has 1 unspecified atom stereocenters. The number of rotatable bonds is 4. The Labute approximate surface area is 198 Å². The molecule has 6 heteroatoms. The summed E-state index contributed by atoms with van der Waals surface area (Å²) in [4.78, 5) is 15.7. The van der Waals surface area contributed by atoms with Crippen LogP contribution in [0.2, 0.25) is 5.02 Å². The van der Waals surface area contributed by atoms with Gasteiger partial charge in [-0.2, -0.15) is 0 Å². The van der Waals surface area contributed by atoms with Gasteiger partial charge in [-0.15, -0.1) is 0 Å². The highest BCUT2D eigenvalue weighted by Gasteiger charge is 2.34. The topological polar surface area (TPSA) is 46.5 Å². The van der Waals surface area contributed by atoms with Crippen LogP contribution in [0.3, 0.4) is 0 Å². The molecule has 5 rings (SSSR count). The van der Waals surface area contributed by atoms with Crippen molar-refractivity contribution >= 4 is 23.3 Å². The number of urea groups is 1. The third-order valence-electron chi connectivity index (χ3n) is 5.85. The van der Waals surface area contributed by atoms with Gasteiger partial charge in [-0.25, -0.2) is 4.79 Å². The molecule has 1 atom stereocenters. The summed E-state index contributed by atoms with van der Waals surface area (Å²) >= 11 is 6.66. The maximum absolute atomic E-state index is 13.8. The normalized spacial score (nSPS) is 14.7. The predicted molar refractivity (Wildman–Crippen MR) is 131 cm³/mol. The number of halogens is 1. The molecule has 0 spiro atoms. The maximum atomic E-state index is 13.8. The fourth-order valence-corrected chi connectivity index (χ4v) is 4.64. The molecule has 2 amide bonds. The Morgan fingerprint density at radius 1 is 1.00 bits per heavy atom. The van der Waals surface area contributed by atoms with E-state index in [0.29, 0.717) is 29.6 Å². The summed E-state index contributed by atoms with van der Waals surface area (Å²) in [7, 11) is 0. The molecule has 0 saturated heterocycles. The molecule has 3 aromatic carbocycles. The third kappa shape index (κ3) is 3.96. The highest BCUT2D eigenvalue weighted by Crippen LogP contribution is 2.39. The van der Waals surface area contributed by atoms with Gasteiger partial charge < -0.3 is 19.5 Å². The highest BCUT2D eigenvalue weighted by molar-refractivity contribution is 6.31. The lowest BCUT2D eigenvalue weighted by atomic mass is 10.0. The smallest absolute Gasteiger partial charge is 0.323 e. The number of anilines is 1. The monoisotopic (exact) mass is 457 g/mol. The van der Waals surface area contributed by atoms with Crippen LogP contribution < -0.4 is 10.1 Å². The molecule has 166 valence electrons. The summed E-state index contributed by atoms with van der Waals surface area (Å²) in [6.45, 7) is 2.86. The fourth-order valence-electron chi connectivity index (χ4n) is 4.40. The van der Waals surface area contributed by atoms with Crippen LogP contribution in [0.25, 0.3) is 5.69 Å². The van der Waals surface area contributed by atoms with E-state index in [-0.39, 0.29) is 12.1 Å². The molecule has 0 radical (unpaired) electrons. The number of nitrogens with zero attached hydrogens (tertiary/aromatic N) is 2. The second-order valence-electron chi connectivity index (χ2n) is 7.84.